The van der Waals surface area contributed by atoms with Gasteiger partial charge in [0.05, 0.1) is 13.2 Å². The van der Waals surface area contributed by atoms with E-state index in [-0.39, 0.29) is 5.91 Å². The predicted molar refractivity (Wildman–Crippen MR) is 46.9 cm³/mol. The van der Waals surface area contributed by atoms with Gasteiger partial charge in [0.2, 0.25) is 0 Å². The lowest BCUT2D eigenvalue weighted by molar-refractivity contribution is -0.129. The molecule has 0 saturated carbocycles. The minimum absolute atomic E-state index is 0.232. The normalized spacial score (nSPS) is 18.8. The Bertz CT molecular complexity index is 233. The van der Waals surface area contributed by atoms with Gasteiger partial charge in [0.15, 0.2) is 0 Å². The van der Waals surface area contributed by atoms with Crippen LogP contribution < -0.4 is 0 Å². The van der Waals surface area contributed by atoms with Crippen molar-refractivity contribution in [3.05, 3.63) is 0 Å². The van der Waals surface area contributed by atoms with Gasteiger partial charge < -0.3 is 14.7 Å². The van der Waals surface area contributed by atoms with Gasteiger partial charge in [-0.15, -0.1) is 0 Å². The summed E-state index contributed by atoms with van der Waals surface area (Å²) in [4.78, 5) is 12.9. The van der Waals surface area contributed by atoms with Crippen molar-refractivity contribution in [3.63, 3.8) is 0 Å². The van der Waals surface area contributed by atoms with Gasteiger partial charge in [-0.2, -0.15) is 0 Å². The van der Waals surface area contributed by atoms with Crippen LogP contribution in [0.3, 0.4) is 0 Å². The summed E-state index contributed by atoms with van der Waals surface area (Å²) >= 11 is 0. The van der Waals surface area contributed by atoms with E-state index in [2.05, 4.69) is 11.8 Å². The highest BCUT2D eigenvalue weighted by atomic mass is 16.5. The van der Waals surface area contributed by atoms with Gasteiger partial charge in [-0.3, -0.25) is 4.79 Å². The molecule has 13 heavy (non-hydrogen) atoms. The van der Waals surface area contributed by atoms with Crippen LogP contribution in [0.1, 0.15) is 6.92 Å². The number of nitrogens with zero attached hydrogens (tertiary/aromatic N) is 1. The molecule has 1 aliphatic rings. The lowest BCUT2D eigenvalue weighted by atomic mass is 10.3. The van der Waals surface area contributed by atoms with Crippen LogP contribution in [0.2, 0.25) is 0 Å². The topological polar surface area (TPSA) is 49.8 Å². The van der Waals surface area contributed by atoms with Crippen molar-refractivity contribution in [2.75, 3.05) is 26.3 Å². The molecule has 0 radical (unpaired) electrons. The van der Waals surface area contributed by atoms with Crippen LogP contribution in [-0.2, 0) is 9.53 Å². The van der Waals surface area contributed by atoms with Gasteiger partial charge in [0.25, 0.3) is 5.91 Å². The fraction of sp³-hybridized carbons (Fsp3) is 0.667. The molecule has 0 spiro atoms. The Balaban J connectivity index is 2.43. The Morgan fingerprint density at radius 1 is 1.54 bits per heavy atom. The van der Waals surface area contributed by atoms with Gasteiger partial charge >= 0.3 is 0 Å². The Morgan fingerprint density at radius 3 is 2.69 bits per heavy atom. The highest BCUT2D eigenvalue weighted by Gasteiger charge is 2.14. The van der Waals surface area contributed by atoms with Crippen molar-refractivity contribution >= 4 is 5.91 Å². The molecule has 4 nitrogen and oxygen atoms in total. The molecule has 0 unspecified atom stereocenters. The van der Waals surface area contributed by atoms with Crippen LogP contribution in [0.5, 0.6) is 0 Å². The number of hydrogen-bond donors (Lipinski definition) is 1. The number of carbonyl (C=O) groups excluding carboxylic acids is 1. The van der Waals surface area contributed by atoms with E-state index < -0.39 is 6.10 Å². The Hall–Kier alpha value is -1.05. The average molecular weight is 183 g/mol. The van der Waals surface area contributed by atoms with E-state index in [0.717, 1.165) is 0 Å². The number of ether oxygens (including phenoxy) is 1. The predicted octanol–water partition coefficient (Wildman–Crippen LogP) is -0.771. The molecule has 1 amide bonds. The molecule has 4 heteroatoms. The van der Waals surface area contributed by atoms with E-state index in [1.165, 1.54) is 6.92 Å². The van der Waals surface area contributed by atoms with Crippen LogP contribution in [0.15, 0.2) is 0 Å². The van der Waals surface area contributed by atoms with E-state index >= 15 is 0 Å². The van der Waals surface area contributed by atoms with E-state index in [1.807, 2.05) is 0 Å². The zero-order chi connectivity index (χ0) is 9.68. The maximum atomic E-state index is 11.3. The number of aliphatic hydroxyl groups is 1. The number of aliphatic hydroxyl groups excluding tert-OH is 1. The summed E-state index contributed by atoms with van der Waals surface area (Å²) in [7, 11) is 0. The minimum atomic E-state index is -0.745. The molecule has 1 saturated heterocycles. The maximum Gasteiger partial charge on any atom is 0.298 e. The van der Waals surface area contributed by atoms with Crippen molar-refractivity contribution in [2.24, 2.45) is 0 Å². The zero-order valence-electron chi connectivity index (χ0n) is 7.62. The molecule has 0 aromatic carbocycles. The van der Waals surface area contributed by atoms with Gasteiger partial charge in [-0.1, -0.05) is 5.92 Å². The lowest BCUT2D eigenvalue weighted by Crippen LogP contribution is -2.40. The highest BCUT2D eigenvalue weighted by molar-refractivity contribution is 5.93. The molecule has 0 aliphatic carbocycles. The van der Waals surface area contributed by atoms with E-state index in [1.54, 1.807) is 4.90 Å². The van der Waals surface area contributed by atoms with Crippen molar-refractivity contribution in [1.82, 2.24) is 4.90 Å². The third-order valence-electron chi connectivity index (χ3n) is 1.69. The smallest absolute Gasteiger partial charge is 0.298 e. The van der Waals surface area contributed by atoms with Crippen molar-refractivity contribution in [3.8, 4) is 11.8 Å². The monoisotopic (exact) mass is 183 g/mol. The van der Waals surface area contributed by atoms with Crippen molar-refractivity contribution < 1.29 is 14.6 Å². The first-order valence-electron chi connectivity index (χ1n) is 4.26. The molecule has 0 bridgehead atoms. The summed E-state index contributed by atoms with van der Waals surface area (Å²) in [5.74, 6) is 4.57. The molecule has 0 aromatic rings. The summed E-state index contributed by atoms with van der Waals surface area (Å²) in [5.41, 5.74) is 0. The Kier molecular flexibility index (Phi) is 3.74. The lowest BCUT2D eigenvalue weighted by Gasteiger charge is -2.24. The summed E-state index contributed by atoms with van der Waals surface area (Å²) in [6.45, 7) is 3.85. The number of amides is 1. The van der Waals surface area contributed by atoms with Gasteiger partial charge in [0, 0.05) is 13.1 Å². The molecule has 72 valence electrons. The SMILES string of the molecule is C[C@@H](O)C#CC(=O)N1CCOCC1. The fourth-order valence-electron chi connectivity index (χ4n) is 1.01. The first kappa shape index (κ1) is 10.0. The van der Waals surface area contributed by atoms with Crippen molar-refractivity contribution in [1.29, 1.82) is 0 Å². The van der Waals surface area contributed by atoms with E-state index in [9.17, 15) is 4.79 Å². The molecular formula is C9H13NO3. The molecule has 1 atom stereocenters. The number of carbonyl (C=O) groups is 1. The third kappa shape index (κ3) is 3.45. The quantitative estimate of drug-likeness (QED) is 0.502. The fourth-order valence-corrected chi connectivity index (χ4v) is 1.01. The van der Waals surface area contributed by atoms with Crippen LogP contribution in [0, 0.1) is 11.8 Å². The first-order valence-corrected chi connectivity index (χ1v) is 4.26. The van der Waals surface area contributed by atoms with Crippen LogP contribution in [-0.4, -0.2) is 48.3 Å². The molecule has 1 rings (SSSR count). The van der Waals surface area contributed by atoms with Crippen LogP contribution >= 0.6 is 0 Å². The second-order valence-electron chi connectivity index (χ2n) is 2.85. The van der Waals surface area contributed by atoms with E-state index in [4.69, 9.17) is 9.84 Å². The van der Waals surface area contributed by atoms with Gasteiger partial charge in [-0.05, 0) is 12.8 Å². The molecule has 1 fully saturated rings. The first-order chi connectivity index (χ1) is 6.20. The van der Waals surface area contributed by atoms with E-state index in [0.29, 0.717) is 26.3 Å². The number of morpholine rings is 1. The number of rotatable bonds is 0. The number of hydrogen-bond acceptors (Lipinski definition) is 3. The second-order valence-corrected chi connectivity index (χ2v) is 2.85. The third-order valence-corrected chi connectivity index (χ3v) is 1.69. The van der Waals surface area contributed by atoms with Crippen LogP contribution in [0.25, 0.3) is 0 Å². The molecular weight excluding hydrogens is 170 g/mol. The summed E-state index contributed by atoms with van der Waals surface area (Å²) in [5, 5.41) is 8.83. The van der Waals surface area contributed by atoms with Gasteiger partial charge in [0.1, 0.15) is 6.10 Å². The molecule has 0 aromatic heterocycles. The molecule has 1 aliphatic heterocycles. The van der Waals surface area contributed by atoms with Crippen molar-refractivity contribution in [2.45, 2.75) is 13.0 Å². The maximum absolute atomic E-state index is 11.3. The molecule has 1 heterocycles. The Morgan fingerprint density at radius 2 is 2.15 bits per heavy atom. The largest absolute Gasteiger partial charge is 0.381 e. The molecule has 1 N–H and O–H groups in total. The average Bonchev–Trinajstić information content (AvgIpc) is 2.15. The summed E-state index contributed by atoms with van der Waals surface area (Å²) in [6.07, 6.45) is -0.745. The Labute approximate surface area is 77.5 Å². The van der Waals surface area contributed by atoms with Gasteiger partial charge in [-0.25, -0.2) is 0 Å². The minimum Gasteiger partial charge on any atom is -0.381 e. The second kappa shape index (κ2) is 4.85. The standard InChI is InChI=1S/C9H13NO3/c1-8(11)2-3-9(12)10-4-6-13-7-5-10/h8,11H,4-7H2,1H3/t8-/m1/s1. The highest BCUT2D eigenvalue weighted by Crippen LogP contribution is 1.96. The van der Waals surface area contributed by atoms with Crippen LogP contribution in [0.4, 0.5) is 0 Å². The zero-order valence-corrected chi connectivity index (χ0v) is 7.62. The summed E-state index contributed by atoms with van der Waals surface area (Å²) < 4.78 is 5.08. The summed E-state index contributed by atoms with van der Waals surface area (Å²) in [6, 6.07) is 0.